The Morgan fingerprint density at radius 3 is 2.65 bits per heavy atom. The topological polar surface area (TPSA) is 17.1 Å². The lowest BCUT2D eigenvalue weighted by Crippen LogP contribution is -2.24. The molecule has 1 atom stereocenters. The molecule has 2 aromatic carbocycles. The number of Topliss-reactive ketones (excluding diaryl/α,β-unsaturated/α-hetero) is 1. The summed E-state index contributed by atoms with van der Waals surface area (Å²) in [5, 5.41) is 0. The number of ketones is 1. The van der Waals surface area contributed by atoms with Gasteiger partial charge in [0.25, 0.3) is 0 Å². The van der Waals surface area contributed by atoms with Gasteiger partial charge in [-0.3, -0.25) is 4.79 Å². The summed E-state index contributed by atoms with van der Waals surface area (Å²) in [6.07, 6.45) is 1.99. The van der Waals surface area contributed by atoms with Crippen LogP contribution in [0.15, 0.2) is 57.9 Å². The van der Waals surface area contributed by atoms with Crippen molar-refractivity contribution in [3.63, 3.8) is 0 Å². The third-order valence-corrected chi connectivity index (χ3v) is 5.38. The predicted octanol–water partition coefficient (Wildman–Crippen LogP) is 4.99. The molecule has 2 aromatic rings. The normalized spacial score (nSPS) is 17.9. The van der Waals surface area contributed by atoms with Gasteiger partial charge in [-0.1, -0.05) is 40.2 Å². The summed E-state index contributed by atoms with van der Waals surface area (Å²) in [4.78, 5) is 13.7. The van der Waals surface area contributed by atoms with Crippen molar-refractivity contribution in [2.45, 2.75) is 17.7 Å². The first-order chi connectivity index (χ1) is 9.74. The van der Waals surface area contributed by atoms with Gasteiger partial charge in [0.1, 0.15) is 0 Å². The van der Waals surface area contributed by atoms with Crippen LogP contribution in [0.5, 0.6) is 0 Å². The van der Waals surface area contributed by atoms with Crippen molar-refractivity contribution in [3.05, 3.63) is 64.1 Å². The Balaban J connectivity index is 1.68. The van der Waals surface area contributed by atoms with E-state index in [1.807, 2.05) is 30.3 Å². The molecule has 0 N–H and O–H groups in total. The third-order valence-electron chi connectivity index (χ3n) is 3.68. The highest BCUT2D eigenvalue weighted by molar-refractivity contribution is 9.10. The average molecular weight is 347 g/mol. The van der Waals surface area contributed by atoms with Gasteiger partial charge in [-0.2, -0.15) is 0 Å². The fourth-order valence-electron chi connectivity index (χ4n) is 2.55. The molecule has 3 rings (SSSR count). The van der Waals surface area contributed by atoms with E-state index in [-0.39, 0.29) is 5.92 Å². The largest absolute Gasteiger partial charge is 0.294 e. The van der Waals surface area contributed by atoms with Crippen LogP contribution in [0, 0.1) is 5.92 Å². The molecule has 0 aromatic heterocycles. The Morgan fingerprint density at radius 1 is 1.10 bits per heavy atom. The molecule has 0 radical (unpaired) electrons. The zero-order chi connectivity index (χ0) is 13.9. The maximum absolute atomic E-state index is 12.5. The molecule has 0 saturated heterocycles. The Morgan fingerprint density at radius 2 is 1.85 bits per heavy atom. The van der Waals surface area contributed by atoms with Crippen molar-refractivity contribution in [2.24, 2.45) is 5.92 Å². The lowest BCUT2D eigenvalue weighted by molar-refractivity contribution is 0.0917. The van der Waals surface area contributed by atoms with Gasteiger partial charge in [0.2, 0.25) is 0 Å². The summed E-state index contributed by atoms with van der Waals surface area (Å²) in [6, 6.07) is 16.3. The summed E-state index contributed by atoms with van der Waals surface area (Å²) in [5.74, 6) is 1.34. The number of thioether (sulfide) groups is 1. The van der Waals surface area contributed by atoms with E-state index in [2.05, 4.69) is 34.1 Å². The van der Waals surface area contributed by atoms with E-state index in [9.17, 15) is 4.79 Å². The van der Waals surface area contributed by atoms with E-state index >= 15 is 0 Å². The molecular formula is C17H15BrOS. The Kier molecular flexibility index (Phi) is 4.27. The number of carbonyl (C=O) groups is 1. The van der Waals surface area contributed by atoms with Crippen molar-refractivity contribution >= 4 is 33.5 Å². The molecule has 0 aliphatic heterocycles. The number of aryl methyl sites for hydroxylation is 1. The number of carbonyl (C=O) groups excluding carboxylic acids is 1. The van der Waals surface area contributed by atoms with Crippen LogP contribution in [0.25, 0.3) is 0 Å². The number of hydrogen-bond donors (Lipinski definition) is 0. The highest BCUT2D eigenvalue weighted by Crippen LogP contribution is 2.30. The number of benzene rings is 2. The van der Waals surface area contributed by atoms with E-state index in [1.165, 1.54) is 10.5 Å². The van der Waals surface area contributed by atoms with Gasteiger partial charge in [-0.05, 0) is 42.7 Å². The molecule has 0 fully saturated rings. The number of halogens is 1. The number of fused-ring (bicyclic) bond motifs is 1. The predicted molar refractivity (Wildman–Crippen MR) is 87.4 cm³/mol. The fourth-order valence-corrected chi connectivity index (χ4v) is 3.85. The van der Waals surface area contributed by atoms with Gasteiger partial charge in [-0.25, -0.2) is 0 Å². The summed E-state index contributed by atoms with van der Waals surface area (Å²) in [5.41, 5.74) is 2.14. The molecule has 0 saturated carbocycles. The second kappa shape index (κ2) is 6.15. The van der Waals surface area contributed by atoms with Crippen LogP contribution < -0.4 is 0 Å². The molecule has 1 aliphatic rings. The molecule has 0 unspecified atom stereocenters. The minimum atomic E-state index is 0.151. The van der Waals surface area contributed by atoms with Crippen LogP contribution in [0.1, 0.15) is 22.3 Å². The Labute approximate surface area is 131 Å². The molecule has 0 heterocycles. The van der Waals surface area contributed by atoms with E-state index in [0.717, 1.165) is 28.6 Å². The minimum Gasteiger partial charge on any atom is -0.294 e. The number of hydrogen-bond acceptors (Lipinski definition) is 2. The van der Waals surface area contributed by atoms with Crippen LogP contribution in [0.2, 0.25) is 0 Å². The van der Waals surface area contributed by atoms with Gasteiger partial charge in [0, 0.05) is 26.6 Å². The quantitative estimate of drug-likeness (QED) is 0.728. The van der Waals surface area contributed by atoms with Crippen molar-refractivity contribution in [2.75, 3.05) is 5.75 Å². The molecule has 1 aliphatic carbocycles. The smallest absolute Gasteiger partial charge is 0.167 e. The SMILES string of the molecule is O=C1c2ccccc2CC[C@@H]1CSc1ccc(Br)cc1. The Hall–Kier alpha value is -1.06. The van der Waals surface area contributed by atoms with Gasteiger partial charge >= 0.3 is 0 Å². The molecule has 0 spiro atoms. The van der Waals surface area contributed by atoms with E-state index in [0.29, 0.717) is 5.78 Å². The van der Waals surface area contributed by atoms with Crippen LogP contribution in [-0.2, 0) is 6.42 Å². The minimum absolute atomic E-state index is 0.151. The highest BCUT2D eigenvalue weighted by Gasteiger charge is 2.26. The van der Waals surface area contributed by atoms with Gasteiger partial charge in [0.05, 0.1) is 0 Å². The first kappa shape index (κ1) is 13.9. The van der Waals surface area contributed by atoms with Gasteiger partial charge < -0.3 is 0 Å². The maximum Gasteiger partial charge on any atom is 0.167 e. The van der Waals surface area contributed by atoms with Crippen LogP contribution in [-0.4, -0.2) is 11.5 Å². The first-order valence-electron chi connectivity index (χ1n) is 6.74. The van der Waals surface area contributed by atoms with Gasteiger partial charge in [0.15, 0.2) is 5.78 Å². The second-order valence-electron chi connectivity index (χ2n) is 5.02. The zero-order valence-electron chi connectivity index (χ0n) is 11.0. The lowest BCUT2D eigenvalue weighted by Gasteiger charge is -2.22. The summed E-state index contributed by atoms with van der Waals surface area (Å²) >= 11 is 5.21. The highest BCUT2D eigenvalue weighted by atomic mass is 79.9. The molecule has 102 valence electrons. The molecular weight excluding hydrogens is 332 g/mol. The second-order valence-corrected chi connectivity index (χ2v) is 7.03. The van der Waals surface area contributed by atoms with Crippen molar-refractivity contribution in [1.29, 1.82) is 0 Å². The summed E-state index contributed by atoms with van der Waals surface area (Å²) in [6.45, 7) is 0. The molecule has 0 bridgehead atoms. The fraction of sp³-hybridized carbons (Fsp3) is 0.235. The van der Waals surface area contributed by atoms with E-state index in [4.69, 9.17) is 0 Å². The summed E-state index contributed by atoms with van der Waals surface area (Å²) < 4.78 is 1.09. The Bertz CT molecular complexity index is 621. The molecule has 20 heavy (non-hydrogen) atoms. The third kappa shape index (κ3) is 2.99. The number of rotatable bonds is 3. The average Bonchev–Trinajstić information content (AvgIpc) is 2.49. The monoisotopic (exact) mass is 346 g/mol. The van der Waals surface area contributed by atoms with Crippen molar-refractivity contribution in [1.82, 2.24) is 0 Å². The van der Waals surface area contributed by atoms with Crippen LogP contribution in [0.4, 0.5) is 0 Å². The first-order valence-corrected chi connectivity index (χ1v) is 8.52. The van der Waals surface area contributed by atoms with E-state index < -0.39 is 0 Å². The van der Waals surface area contributed by atoms with Crippen molar-refractivity contribution in [3.8, 4) is 0 Å². The van der Waals surface area contributed by atoms with Gasteiger partial charge in [-0.15, -0.1) is 11.8 Å². The zero-order valence-corrected chi connectivity index (χ0v) is 13.4. The van der Waals surface area contributed by atoms with Crippen LogP contribution in [0.3, 0.4) is 0 Å². The molecule has 3 heteroatoms. The standard InChI is InChI=1S/C17H15BrOS/c18-14-7-9-15(10-8-14)20-11-13-6-5-12-3-1-2-4-16(12)17(13)19/h1-4,7-10,13H,5-6,11H2/t13-/m1/s1. The summed E-state index contributed by atoms with van der Waals surface area (Å²) in [7, 11) is 0. The van der Waals surface area contributed by atoms with Crippen LogP contribution >= 0.6 is 27.7 Å². The lowest BCUT2D eigenvalue weighted by atomic mass is 9.84. The maximum atomic E-state index is 12.5. The molecule has 0 amide bonds. The van der Waals surface area contributed by atoms with Crippen molar-refractivity contribution < 1.29 is 4.79 Å². The van der Waals surface area contributed by atoms with E-state index in [1.54, 1.807) is 11.8 Å². The molecule has 1 nitrogen and oxygen atoms in total.